The van der Waals surface area contributed by atoms with Crippen LogP contribution in [-0.2, 0) is 12.6 Å². The van der Waals surface area contributed by atoms with Gasteiger partial charge in [-0.15, -0.1) is 0 Å². The number of nitrogens with zero attached hydrogens (tertiary/aromatic N) is 1. The Morgan fingerprint density at radius 2 is 1.60 bits per heavy atom. The Morgan fingerprint density at radius 1 is 0.900 bits per heavy atom. The Kier molecular flexibility index (Phi) is 3.08. The van der Waals surface area contributed by atoms with Gasteiger partial charge >= 0.3 is 6.18 Å². The first-order valence-electron chi connectivity index (χ1n) is 6.41. The molecule has 0 unspecified atom stereocenters. The van der Waals surface area contributed by atoms with Gasteiger partial charge in [0.15, 0.2) is 12.8 Å². The van der Waals surface area contributed by atoms with Crippen molar-refractivity contribution in [2.24, 2.45) is 0 Å². The number of halogens is 3. The van der Waals surface area contributed by atoms with Crippen molar-refractivity contribution in [1.82, 2.24) is 0 Å². The molecule has 0 aromatic heterocycles. The van der Waals surface area contributed by atoms with Crippen LogP contribution < -0.4 is 0 Å². The Morgan fingerprint density at radius 3 is 2.30 bits per heavy atom. The third-order valence-electron chi connectivity index (χ3n) is 3.50. The molecule has 1 aliphatic heterocycles. The smallest absolute Gasteiger partial charge is 0.198 e. The van der Waals surface area contributed by atoms with Gasteiger partial charge < -0.3 is 0 Å². The van der Waals surface area contributed by atoms with Crippen molar-refractivity contribution in [3.8, 4) is 0 Å². The maximum absolute atomic E-state index is 12.5. The molecule has 20 heavy (non-hydrogen) atoms. The van der Waals surface area contributed by atoms with Crippen LogP contribution in [0.2, 0.25) is 0 Å². The van der Waals surface area contributed by atoms with E-state index in [-0.39, 0.29) is 0 Å². The van der Waals surface area contributed by atoms with E-state index < -0.39 is 11.7 Å². The Bertz CT molecular complexity index is 654. The van der Waals surface area contributed by atoms with E-state index in [1.165, 1.54) is 17.7 Å². The molecule has 0 aliphatic carbocycles. The zero-order valence-electron chi connectivity index (χ0n) is 10.7. The second kappa shape index (κ2) is 4.78. The van der Waals surface area contributed by atoms with Crippen molar-refractivity contribution in [3.63, 3.8) is 0 Å². The molecule has 102 valence electrons. The van der Waals surface area contributed by atoms with Crippen LogP contribution in [-0.4, -0.2) is 17.3 Å². The van der Waals surface area contributed by atoms with Crippen molar-refractivity contribution >= 4 is 11.9 Å². The zero-order chi connectivity index (χ0) is 14.2. The maximum atomic E-state index is 12.5. The van der Waals surface area contributed by atoms with Gasteiger partial charge in [-0.25, -0.2) is 0 Å². The molecular formula is C16H13F3N+. The van der Waals surface area contributed by atoms with Crippen molar-refractivity contribution in [2.75, 3.05) is 6.54 Å². The van der Waals surface area contributed by atoms with E-state index in [9.17, 15) is 13.2 Å². The first-order valence-corrected chi connectivity index (χ1v) is 6.41. The molecule has 1 nitrogen and oxygen atoms in total. The molecule has 1 aliphatic rings. The summed E-state index contributed by atoms with van der Waals surface area (Å²) in [6.45, 7) is 0.780. The molecule has 4 heteroatoms. The molecule has 2 aromatic rings. The van der Waals surface area contributed by atoms with Crippen LogP contribution in [0.25, 0.3) is 0 Å². The second-order valence-corrected chi connectivity index (χ2v) is 4.82. The highest BCUT2D eigenvalue weighted by molar-refractivity contribution is 5.79. The van der Waals surface area contributed by atoms with Crippen molar-refractivity contribution in [1.29, 1.82) is 0 Å². The summed E-state index contributed by atoms with van der Waals surface area (Å²) < 4.78 is 39.6. The molecule has 0 spiro atoms. The first-order chi connectivity index (χ1) is 9.54. The standard InChI is InChI=1S/C16H13F3N/c17-16(18,19)14-5-7-15(8-6-14)20-10-9-12-3-1-2-4-13(12)11-20/h1-8,11H,9-10H2/q+1. The molecule has 0 amide bonds. The van der Waals surface area contributed by atoms with E-state index in [1.807, 2.05) is 29.0 Å². The van der Waals surface area contributed by atoms with E-state index in [1.54, 1.807) is 0 Å². The van der Waals surface area contributed by atoms with E-state index in [2.05, 4.69) is 6.07 Å². The quantitative estimate of drug-likeness (QED) is 0.692. The summed E-state index contributed by atoms with van der Waals surface area (Å²) in [5, 5.41) is 0. The highest BCUT2D eigenvalue weighted by Crippen LogP contribution is 2.30. The molecule has 1 heterocycles. The molecule has 0 fully saturated rings. The first kappa shape index (κ1) is 12.9. The number of fused-ring (bicyclic) bond motifs is 1. The fourth-order valence-corrected chi connectivity index (χ4v) is 2.41. The number of hydrogen-bond acceptors (Lipinski definition) is 0. The van der Waals surface area contributed by atoms with E-state index in [0.29, 0.717) is 0 Å². The SMILES string of the molecule is FC(F)(F)c1ccc([N+]2=Cc3ccccc3CC2)cc1. The molecule has 3 rings (SSSR count). The summed E-state index contributed by atoms with van der Waals surface area (Å²) in [4.78, 5) is 0. The summed E-state index contributed by atoms with van der Waals surface area (Å²) in [5.41, 5.74) is 2.57. The summed E-state index contributed by atoms with van der Waals surface area (Å²) in [6.07, 6.45) is -1.40. The van der Waals surface area contributed by atoms with Gasteiger partial charge in [-0.1, -0.05) is 18.2 Å². The number of alkyl halides is 3. The highest BCUT2D eigenvalue weighted by Gasteiger charge is 2.30. The predicted molar refractivity (Wildman–Crippen MR) is 71.5 cm³/mol. The van der Waals surface area contributed by atoms with Gasteiger partial charge in [0, 0.05) is 24.1 Å². The minimum Gasteiger partial charge on any atom is -0.198 e. The molecular weight excluding hydrogens is 263 g/mol. The summed E-state index contributed by atoms with van der Waals surface area (Å²) >= 11 is 0. The predicted octanol–water partition coefficient (Wildman–Crippen LogP) is 4.02. The lowest BCUT2D eigenvalue weighted by Crippen LogP contribution is -2.18. The highest BCUT2D eigenvalue weighted by atomic mass is 19.4. The Balaban J connectivity index is 1.93. The van der Waals surface area contributed by atoms with Gasteiger partial charge in [0.1, 0.15) is 0 Å². The van der Waals surface area contributed by atoms with Gasteiger partial charge in [-0.3, -0.25) is 0 Å². The van der Waals surface area contributed by atoms with Crippen LogP contribution in [0, 0.1) is 0 Å². The topological polar surface area (TPSA) is 3.01 Å². The molecule has 0 saturated heterocycles. The van der Waals surface area contributed by atoms with E-state index >= 15 is 0 Å². The minimum absolute atomic E-state index is 0.612. The summed E-state index contributed by atoms with van der Waals surface area (Å²) in [7, 11) is 0. The third kappa shape index (κ3) is 2.46. The van der Waals surface area contributed by atoms with Gasteiger partial charge in [-0.05, 0) is 23.8 Å². The third-order valence-corrected chi connectivity index (χ3v) is 3.50. The Hall–Kier alpha value is -2.10. The second-order valence-electron chi connectivity index (χ2n) is 4.82. The Labute approximate surface area is 115 Å². The molecule has 0 N–H and O–H groups in total. The lowest BCUT2D eigenvalue weighted by molar-refractivity contribution is -0.436. The summed E-state index contributed by atoms with van der Waals surface area (Å²) in [6, 6.07) is 13.4. The van der Waals surface area contributed by atoms with E-state index in [0.717, 1.165) is 36.3 Å². The number of hydrogen-bond donors (Lipinski definition) is 0. The summed E-state index contributed by atoms with van der Waals surface area (Å²) in [5.74, 6) is 0. The average molecular weight is 276 g/mol. The molecule has 0 radical (unpaired) electrons. The van der Waals surface area contributed by atoms with Gasteiger partial charge in [0.2, 0.25) is 5.69 Å². The maximum Gasteiger partial charge on any atom is 0.416 e. The number of rotatable bonds is 1. The zero-order valence-corrected chi connectivity index (χ0v) is 10.7. The molecule has 0 bridgehead atoms. The van der Waals surface area contributed by atoms with Crippen molar-refractivity contribution in [2.45, 2.75) is 12.6 Å². The number of benzene rings is 2. The fraction of sp³-hybridized carbons (Fsp3) is 0.188. The van der Waals surface area contributed by atoms with Gasteiger partial charge in [-0.2, -0.15) is 17.7 Å². The van der Waals surface area contributed by atoms with Crippen molar-refractivity contribution in [3.05, 3.63) is 65.2 Å². The lowest BCUT2D eigenvalue weighted by atomic mass is 10.0. The van der Waals surface area contributed by atoms with Gasteiger partial charge in [0.25, 0.3) is 0 Å². The van der Waals surface area contributed by atoms with Crippen LogP contribution in [0.3, 0.4) is 0 Å². The monoisotopic (exact) mass is 276 g/mol. The fourth-order valence-electron chi connectivity index (χ4n) is 2.41. The molecule has 2 aromatic carbocycles. The van der Waals surface area contributed by atoms with E-state index in [4.69, 9.17) is 0 Å². The van der Waals surface area contributed by atoms with Crippen LogP contribution in [0.15, 0.2) is 48.5 Å². The van der Waals surface area contributed by atoms with Crippen LogP contribution >= 0.6 is 0 Å². The molecule has 0 atom stereocenters. The van der Waals surface area contributed by atoms with Crippen LogP contribution in [0.5, 0.6) is 0 Å². The molecule has 0 saturated carbocycles. The van der Waals surface area contributed by atoms with Crippen LogP contribution in [0.4, 0.5) is 18.9 Å². The minimum atomic E-state index is -4.28. The van der Waals surface area contributed by atoms with Crippen molar-refractivity contribution < 1.29 is 17.7 Å². The average Bonchev–Trinajstić information content (AvgIpc) is 2.46. The normalized spacial score (nSPS) is 14.7. The lowest BCUT2D eigenvalue weighted by Gasteiger charge is -2.12. The van der Waals surface area contributed by atoms with Crippen LogP contribution in [0.1, 0.15) is 16.7 Å². The van der Waals surface area contributed by atoms with Gasteiger partial charge in [0.05, 0.1) is 5.56 Å². The largest absolute Gasteiger partial charge is 0.416 e.